The topological polar surface area (TPSA) is 59.0 Å². The highest BCUT2D eigenvalue weighted by Gasteiger charge is 2.27. The van der Waals surface area contributed by atoms with E-state index in [0.29, 0.717) is 12.1 Å². The first-order valence-electron chi connectivity index (χ1n) is 8.22. The van der Waals surface area contributed by atoms with Crippen LogP contribution in [0.15, 0.2) is 55.1 Å². The van der Waals surface area contributed by atoms with Gasteiger partial charge in [-0.3, -0.25) is 9.78 Å². The van der Waals surface area contributed by atoms with Gasteiger partial charge >= 0.3 is 0 Å². The minimum Gasteiger partial charge on any atom is -0.338 e. The Morgan fingerprint density at radius 2 is 2.00 bits per heavy atom. The monoisotopic (exact) mass is 318 g/mol. The van der Waals surface area contributed by atoms with E-state index in [0.717, 1.165) is 36.0 Å². The average Bonchev–Trinajstić information content (AvgIpc) is 2.68. The van der Waals surface area contributed by atoms with Crippen LogP contribution in [0, 0.1) is 0 Å². The van der Waals surface area contributed by atoms with Crippen LogP contribution in [0.5, 0.6) is 0 Å². The van der Waals surface area contributed by atoms with Crippen molar-refractivity contribution in [3.05, 3.63) is 66.4 Å². The van der Waals surface area contributed by atoms with Crippen molar-refractivity contribution in [2.24, 2.45) is 0 Å². The predicted octanol–water partition coefficient (Wildman–Crippen LogP) is 3.04. The highest BCUT2D eigenvalue weighted by atomic mass is 16.2. The molecule has 2 aromatic heterocycles. The number of pyridine rings is 1. The van der Waals surface area contributed by atoms with Crippen molar-refractivity contribution in [2.75, 3.05) is 13.1 Å². The van der Waals surface area contributed by atoms with Crippen molar-refractivity contribution in [3.63, 3.8) is 0 Å². The summed E-state index contributed by atoms with van der Waals surface area (Å²) in [5.41, 5.74) is 2.46. The van der Waals surface area contributed by atoms with Gasteiger partial charge in [-0.1, -0.05) is 18.2 Å². The van der Waals surface area contributed by atoms with Gasteiger partial charge in [-0.25, -0.2) is 9.97 Å². The van der Waals surface area contributed by atoms with E-state index >= 15 is 0 Å². The third-order valence-electron chi connectivity index (χ3n) is 4.59. The average molecular weight is 318 g/mol. The summed E-state index contributed by atoms with van der Waals surface area (Å²) >= 11 is 0. The molecule has 1 atom stereocenters. The van der Waals surface area contributed by atoms with Crippen molar-refractivity contribution in [2.45, 2.75) is 18.8 Å². The first-order chi connectivity index (χ1) is 11.8. The molecule has 0 aliphatic carbocycles. The molecule has 3 heterocycles. The Balaban J connectivity index is 1.62. The van der Waals surface area contributed by atoms with Gasteiger partial charge in [0.05, 0.1) is 11.1 Å². The minimum absolute atomic E-state index is 0.0538. The molecule has 4 rings (SSSR count). The molecule has 0 N–H and O–H groups in total. The summed E-state index contributed by atoms with van der Waals surface area (Å²) in [5, 5.41) is 0.993. The standard InChI is InChI=1S/C19H18N4O/c24-19(16-7-1-4-14-5-2-9-21-18(14)16)23-11-3-6-15(12-23)17-8-10-20-13-22-17/h1-2,4-5,7-10,13,15H,3,6,11-12H2. The van der Waals surface area contributed by atoms with Crippen molar-refractivity contribution in [1.29, 1.82) is 0 Å². The summed E-state index contributed by atoms with van der Waals surface area (Å²) in [6, 6.07) is 11.6. The lowest BCUT2D eigenvalue weighted by Gasteiger charge is -2.32. The number of para-hydroxylation sites is 1. The largest absolute Gasteiger partial charge is 0.338 e. The van der Waals surface area contributed by atoms with Crippen molar-refractivity contribution in [1.82, 2.24) is 19.9 Å². The zero-order valence-electron chi connectivity index (χ0n) is 13.3. The Hall–Kier alpha value is -2.82. The van der Waals surface area contributed by atoms with Gasteiger partial charge in [-0.15, -0.1) is 0 Å². The van der Waals surface area contributed by atoms with Crippen molar-refractivity contribution >= 4 is 16.8 Å². The fourth-order valence-corrected chi connectivity index (χ4v) is 3.39. The molecule has 1 unspecified atom stereocenters. The molecule has 0 saturated carbocycles. The third kappa shape index (κ3) is 2.73. The van der Waals surface area contributed by atoms with Crippen LogP contribution in [-0.2, 0) is 0 Å². The first-order valence-corrected chi connectivity index (χ1v) is 8.22. The number of hydrogen-bond donors (Lipinski definition) is 0. The zero-order valence-corrected chi connectivity index (χ0v) is 13.3. The molecule has 0 spiro atoms. The Labute approximate surface area is 140 Å². The number of hydrogen-bond acceptors (Lipinski definition) is 4. The van der Waals surface area contributed by atoms with Crippen LogP contribution in [0.25, 0.3) is 10.9 Å². The lowest BCUT2D eigenvalue weighted by Crippen LogP contribution is -2.39. The number of benzene rings is 1. The van der Waals surface area contributed by atoms with Crippen LogP contribution in [0.3, 0.4) is 0 Å². The number of amides is 1. The van der Waals surface area contributed by atoms with E-state index in [2.05, 4.69) is 15.0 Å². The van der Waals surface area contributed by atoms with E-state index in [1.165, 1.54) is 0 Å². The Morgan fingerprint density at radius 3 is 2.88 bits per heavy atom. The number of likely N-dealkylation sites (tertiary alicyclic amines) is 1. The second kappa shape index (κ2) is 6.35. The number of aromatic nitrogens is 3. The maximum atomic E-state index is 13.0. The minimum atomic E-state index is 0.0538. The van der Waals surface area contributed by atoms with Gasteiger partial charge in [0.15, 0.2) is 0 Å². The first kappa shape index (κ1) is 14.8. The van der Waals surface area contributed by atoms with E-state index < -0.39 is 0 Å². The number of rotatable bonds is 2. The van der Waals surface area contributed by atoms with Crippen LogP contribution in [0.1, 0.15) is 34.8 Å². The van der Waals surface area contributed by atoms with Gasteiger partial charge in [0, 0.05) is 42.5 Å². The summed E-state index contributed by atoms with van der Waals surface area (Å²) in [5.74, 6) is 0.326. The van der Waals surface area contributed by atoms with Crippen LogP contribution < -0.4 is 0 Å². The van der Waals surface area contributed by atoms with Crippen LogP contribution in [0.4, 0.5) is 0 Å². The van der Waals surface area contributed by atoms with Crippen molar-refractivity contribution < 1.29 is 4.79 Å². The van der Waals surface area contributed by atoms with Gasteiger partial charge in [0.2, 0.25) is 0 Å². The molecular formula is C19H18N4O. The predicted molar refractivity (Wildman–Crippen MR) is 91.7 cm³/mol. The summed E-state index contributed by atoms with van der Waals surface area (Å²) in [4.78, 5) is 27.7. The summed E-state index contributed by atoms with van der Waals surface area (Å²) in [6.45, 7) is 1.47. The Morgan fingerprint density at radius 1 is 1.08 bits per heavy atom. The van der Waals surface area contributed by atoms with Gasteiger partial charge < -0.3 is 4.90 Å². The van der Waals surface area contributed by atoms with Gasteiger partial charge in [0.1, 0.15) is 6.33 Å². The second-order valence-electron chi connectivity index (χ2n) is 6.11. The van der Waals surface area contributed by atoms with E-state index in [-0.39, 0.29) is 11.8 Å². The van der Waals surface area contributed by atoms with Gasteiger partial charge in [0.25, 0.3) is 5.91 Å². The maximum absolute atomic E-state index is 13.0. The molecule has 24 heavy (non-hydrogen) atoms. The number of carbonyl (C=O) groups is 1. The SMILES string of the molecule is O=C(c1cccc2cccnc12)N1CCCC(c2ccncn2)C1. The molecule has 120 valence electrons. The Kier molecular flexibility index (Phi) is 3.91. The van der Waals surface area contributed by atoms with Crippen LogP contribution in [-0.4, -0.2) is 38.8 Å². The highest BCUT2D eigenvalue weighted by Crippen LogP contribution is 2.27. The number of piperidine rings is 1. The lowest BCUT2D eigenvalue weighted by atomic mass is 9.94. The van der Waals surface area contributed by atoms with Crippen LogP contribution >= 0.6 is 0 Å². The summed E-state index contributed by atoms with van der Waals surface area (Å²) < 4.78 is 0. The fraction of sp³-hybridized carbons (Fsp3) is 0.263. The second-order valence-corrected chi connectivity index (χ2v) is 6.11. The fourth-order valence-electron chi connectivity index (χ4n) is 3.39. The number of fused-ring (bicyclic) bond motifs is 1. The van der Waals surface area contributed by atoms with Crippen LogP contribution in [0.2, 0.25) is 0 Å². The van der Waals surface area contributed by atoms with Gasteiger partial charge in [-0.05, 0) is 31.0 Å². The quantitative estimate of drug-likeness (QED) is 0.728. The number of nitrogens with zero attached hydrogens (tertiary/aromatic N) is 4. The zero-order chi connectivity index (χ0) is 16.4. The molecule has 1 amide bonds. The highest BCUT2D eigenvalue weighted by molar-refractivity contribution is 6.05. The molecule has 1 saturated heterocycles. The molecule has 3 aromatic rings. The Bertz CT molecular complexity index is 860. The van der Waals surface area contributed by atoms with Gasteiger partial charge in [-0.2, -0.15) is 0 Å². The molecule has 1 aliphatic heterocycles. The summed E-state index contributed by atoms with van der Waals surface area (Å²) in [6.07, 6.45) is 7.11. The molecule has 0 radical (unpaired) electrons. The van der Waals surface area contributed by atoms with E-state index in [1.54, 1.807) is 18.7 Å². The summed E-state index contributed by atoms with van der Waals surface area (Å²) in [7, 11) is 0. The molecule has 1 aliphatic rings. The third-order valence-corrected chi connectivity index (χ3v) is 4.59. The molecule has 1 aromatic carbocycles. The van der Waals surface area contributed by atoms with E-state index in [9.17, 15) is 4.79 Å². The normalized spacial score (nSPS) is 17.8. The maximum Gasteiger partial charge on any atom is 0.256 e. The van der Waals surface area contributed by atoms with Crippen molar-refractivity contribution in [3.8, 4) is 0 Å². The molecule has 1 fully saturated rings. The molecule has 0 bridgehead atoms. The molecular weight excluding hydrogens is 300 g/mol. The smallest absolute Gasteiger partial charge is 0.256 e. The molecule has 5 nitrogen and oxygen atoms in total. The van der Waals surface area contributed by atoms with E-state index in [1.807, 2.05) is 41.3 Å². The molecule has 5 heteroatoms. The number of carbonyl (C=O) groups excluding carboxylic acids is 1. The lowest BCUT2D eigenvalue weighted by molar-refractivity contribution is 0.0707. The van der Waals surface area contributed by atoms with E-state index in [4.69, 9.17) is 0 Å².